The van der Waals surface area contributed by atoms with E-state index in [1.807, 2.05) is 18.2 Å². The number of ether oxygens (including phenoxy) is 5. The van der Waals surface area contributed by atoms with Gasteiger partial charge in [0.05, 0.1) is 68.7 Å². The fourth-order valence-corrected chi connectivity index (χ4v) is 5.08. The van der Waals surface area contributed by atoms with E-state index >= 15 is 0 Å². The highest BCUT2D eigenvalue weighted by Gasteiger charge is 2.45. The topological polar surface area (TPSA) is 185 Å². The minimum atomic E-state index is -1.07. The van der Waals surface area contributed by atoms with Crippen molar-refractivity contribution >= 4 is 40.9 Å². The number of carbonyl (C=O) groups excluding carboxylic acids is 5. The van der Waals surface area contributed by atoms with E-state index in [1.54, 1.807) is 18.2 Å². The van der Waals surface area contributed by atoms with Gasteiger partial charge in [-0.1, -0.05) is 24.6 Å². The Hall–Kier alpha value is -4.37. The molecule has 1 atom stereocenters. The first kappa shape index (κ1) is 35.5. The largest absolute Gasteiger partial charge is 0.489 e. The highest BCUT2D eigenvalue weighted by Crippen LogP contribution is 2.32. The molecule has 14 heteroatoms. The van der Waals surface area contributed by atoms with Crippen LogP contribution in [0.15, 0.2) is 42.5 Å². The molecule has 4 rings (SSSR count). The third-order valence-corrected chi connectivity index (χ3v) is 7.45. The summed E-state index contributed by atoms with van der Waals surface area (Å²) in [4.78, 5) is 63.4. The predicted molar refractivity (Wildman–Crippen MR) is 170 cm³/mol. The van der Waals surface area contributed by atoms with Crippen LogP contribution in [0.3, 0.4) is 0 Å². The molecular weight excluding hydrogens is 612 g/mol. The highest BCUT2D eigenvalue weighted by molar-refractivity contribution is 6.26. The van der Waals surface area contributed by atoms with Gasteiger partial charge in [0.1, 0.15) is 18.4 Å². The second-order valence-electron chi connectivity index (χ2n) is 10.9. The number of nitrogens with two attached hydrogens (primary N) is 1. The summed E-state index contributed by atoms with van der Waals surface area (Å²) in [6.07, 6.45) is 2.48. The Morgan fingerprint density at radius 2 is 1.45 bits per heavy atom. The molecule has 2 aliphatic rings. The van der Waals surface area contributed by atoms with Gasteiger partial charge in [-0.3, -0.25) is 34.2 Å². The molecule has 4 N–H and O–H groups in total. The second-order valence-corrected chi connectivity index (χ2v) is 10.9. The monoisotopic (exact) mass is 654 g/mol. The van der Waals surface area contributed by atoms with Crippen molar-refractivity contribution in [3.8, 4) is 5.75 Å². The first-order valence-electron chi connectivity index (χ1n) is 15.8. The molecule has 1 saturated heterocycles. The van der Waals surface area contributed by atoms with Crippen LogP contribution >= 0.6 is 0 Å². The summed E-state index contributed by atoms with van der Waals surface area (Å²) in [6, 6.07) is 10.8. The summed E-state index contributed by atoms with van der Waals surface area (Å²) in [6.45, 7) is 4.12. The van der Waals surface area contributed by atoms with Crippen molar-refractivity contribution in [3.05, 3.63) is 53.6 Å². The molecule has 47 heavy (non-hydrogen) atoms. The molecule has 2 heterocycles. The summed E-state index contributed by atoms with van der Waals surface area (Å²) in [5.74, 6) is -2.06. The van der Waals surface area contributed by atoms with Crippen LogP contribution in [0, 0.1) is 0 Å². The number of para-hydroxylation sites is 2. The molecule has 2 aromatic rings. The molecule has 0 saturated carbocycles. The number of imide groups is 2. The van der Waals surface area contributed by atoms with Gasteiger partial charge >= 0.3 is 0 Å². The van der Waals surface area contributed by atoms with Crippen molar-refractivity contribution in [1.29, 1.82) is 0 Å². The van der Waals surface area contributed by atoms with E-state index in [0.29, 0.717) is 77.3 Å². The number of nitrogen functional groups attached to an aromatic ring is 1. The van der Waals surface area contributed by atoms with Crippen molar-refractivity contribution < 1.29 is 47.7 Å². The van der Waals surface area contributed by atoms with Gasteiger partial charge in [-0.05, 0) is 43.5 Å². The van der Waals surface area contributed by atoms with Gasteiger partial charge in [-0.15, -0.1) is 0 Å². The molecule has 0 radical (unpaired) electrons. The number of carbonyl (C=O) groups is 5. The van der Waals surface area contributed by atoms with Gasteiger partial charge in [-0.25, -0.2) is 0 Å². The van der Waals surface area contributed by atoms with Crippen LogP contribution in [0.4, 0.5) is 11.4 Å². The molecule has 1 fully saturated rings. The molecule has 0 aliphatic carbocycles. The molecule has 2 aliphatic heterocycles. The number of nitrogens with one attached hydrogen (secondary N) is 2. The van der Waals surface area contributed by atoms with Crippen LogP contribution in [-0.4, -0.2) is 99.9 Å². The Kier molecular flexibility index (Phi) is 14.1. The number of piperidine rings is 1. The Morgan fingerprint density at radius 3 is 2.13 bits per heavy atom. The number of nitrogens with zero attached hydrogens (tertiary/aromatic N) is 1. The zero-order chi connectivity index (χ0) is 33.4. The maximum Gasteiger partial charge on any atom is 0.264 e. The van der Waals surface area contributed by atoms with Crippen molar-refractivity contribution in [3.63, 3.8) is 0 Å². The van der Waals surface area contributed by atoms with Gasteiger partial charge in [-0.2, -0.15) is 0 Å². The normalized spacial score (nSPS) is 15.9. The van der Waals surface area contributed by atoms with Crippen molar-refractivity contribution in [2.45, 2.75) is 44.6 Å². The molecule has 1 unspecified atom stereocenters. The summed E-state index contributed by atoms with van der Waals surface area (Å²) in [5, 5.41) is 4.90. The lowest BCUT2D eigenvalue weighted by atomic mass is 10.0. The molecule has 0 bridgehead atoms. The summed E-state index contributed by atoms with van der Waals surface area (Å²) < 4.78 is 27.6. The van der Waals surface area contributed by atoms with E-state index in [9.17, 15) is 24.0 Å². The Balaban J connectivity index is 0.978. The van der Waals surface area contributed by atoms with E-state index in [4.69, 9.17) is 29.4 Å². The number of amides is 5. The number of hydrogen-bond donors (Lipinski definition) is 3. The molecule has 0 spiro atoms. The number of rotatable bonds is 21. The summed E-state index contributed by atoms with van der Waals surface area (Å²) in [7, 11) is 0. The van der Waals surface area contributed by atoms with Gasteiger partial charge in [0, 0.05) is 19.4 Å². The van der Waals surface area contributed by atoms with Crippen molar-refractivity contribution in [2.75, 3.05) is 70.5 Å². The molecule has 254 valence electrons. The Bertz CT molecular complexity index is 1400. The van der Waals surface area contributed by atoms with Crippen molar-refractivity contribution in [2.24, 2.45) is 0 Å². The quantitative estimate of drug-likeness (QED) is 0.102. The number of hydrogen-bond acceptors (Lipinski definition) is 11. The van der Waals surface area contributed by atoms with E-state index in [0.717, 1.165) is 17.7 Å². The minimum absolute atomic E-state index is 0.0317. The third kappa shape index (κ3) is 10.6. The fraction of sp³-hybridized carbons (Fsp3) is 0.485. The van der Waals surface area contributed by atoms with E-state index < -0.39 is 29.7 Å². The first-order chi connectivity index (χ1) is 22.9. The third-order valence-electron chi connectivity index (χ3n) is 7.45. The van der Waals surface area contributed by atoms with Crippen LogP contribution < -0.4 is 21.1 Å². The zero-order valence-electron chi connectivity index (χ0n) is 26.3. The smallest absolute Gasteiger partial charge is 0.264 e. The van der Waals surface area contributed by atoms with Crippen LogP contribution in [0.25, 0.3) is 0 Å². The van der Waals surface area contributed by atoms with Gasteiger partial charge in [0.15, 0.2) is 0 Å². The molecule has 14 nitrogen and oxygen atoms in total. The van der Waals surface area contributed by atoms with Crippen molar-refractivity contribution in [1.82, 2.24) is 10.2 Å². The minimum Gasteiger partial charge on any atom is -0.489 e. The lowest BCUT2D eigenvalue weighted by Crippen LogP contribution is -2.54. The Morgan fingerprint density at radius 1 is 0.787 bits per heavy atom. The number of unbranched alkanes of at least 4 members (excludes halogenated alkanes) is 2. The summed E-state index contributed by atoms with van der Waals surface area (Å²) in [5.41, 5.74) is 6.80. The lowest BCUT2D eigenvalue weighted by Gasteiger charge is -2.27. The molecule has 5 amide bonds. The first-order valence-corrected chi connectivity index (χ1v) is 15.8. The van der Waals surface area contributed by atoms with E-state index in [-0.39, 0.29) is 42.0 Å². The van der Waals surface area contributed by atoms with Crippen LogP contribution in [-0.2, 0) is 33.3 Å². The van der Waals surface area contributed by atoms with Gasteiger partial charge in [0.2, 0.25) is 17.7 Å². The Labute approximate surface area is 273 Å². The van der Waals surface area contributed by atoms with E-state index in [1.165, 1.54) is 6.07 Å². The summed E-state index contributed by atoms with van der Waals surface area (Å²) >= 11 is 0. The molecule has 0 aromatic heterocycles. The standard InChI is InChI=1S/C33H42N4O10/c34-24-8-3-4-10-27(24)47-22-21-46-20-19-45-18-17-44-16-15-43-14-5-1-2-11-28(38)35-25-9-6-7-23-30(25)33(42)37(32(23)41)26-12-13-29(39)36-31(26)40/h3-4,6-10,26H,1-2,5,11-22,34H2,(H,35,38)(H,36,39,40). The van der Waals surface area contributed by atoms with Gasteiger partial charge in [0.25, 0.3) is 11.8 Å². The maximum absolute atomic E-state index is 13.2. The lowest BCUT2D eigenvalue weighted by molar-refractivity contribution is -0.136. The average Bonchev–Trinajstić information content (AvgIpc) is 3.31. The number of anilines is 2. The predicted octanol–water partition coefficient (Wildman–Crippen LogP) is 2.31. The molecule has 2 aromatic carbocycles. The number of benzene rings is 2. The molecular formula is C33H42N4O10. The zero-order valence-corrected chi connectivity index (χ0v) is 26.3. The van der Waals surface area contributed by atoms with Crippen LogP contribution in [0.1, 0.15) is 59.2 Å². The van der Waals surface area contributed by atoms with E-state index in [2.05, 4.69) is 10.6 Å². The SMILES string of the molecule is Nc1ccccc1OCCOCCOCCOCCOCCCCCC(=O)Nc1cccc2c1C(=O)N(C1CCC(=O)NC1=O)C2=O. The van der Waals surface area contributed by atoms with Gasteiger partial charge < -0.3 is 34.7 Å². The fourth-order valence-electron chi connectivity index (χ4n) is 5.08. The van der Waals surface area contributed by atoms with Crippen LogP contribution in [0.2, 0.25) is 0 Å². The average molecular weight is 655 g/mol. The van der Waals surface area contributed by atoms with Crippen LogP contribution in [0.5, 0.6) is 5.75 Å². The second kappa shape index (κ2) is 18.7. The highest BCUT2D eigenvalue weighted by atomic mass is 16.6. The maximum atomic E-state index is 13.2. The number of fused-ring (bicyclic) bond motifs is 1.